The lowest BCUT2D eigenvalue weighted by Gasteiger charge is -2.09. The molecule has 1 amide bonds. The first-order chi connectivity index (χ1) is 10.5. The Kier molecular flexibility index (Phi) is 5.33. The van der Waals surface area contributed by atoms with Crippen LogP contribution in [0.1, 0.15) is 22.3 Å². The maximum absolute atomic E-state index is 12.1. The van der Waals surface area contributed by atoms with Crippen molar-refractivity contribution in [3.63, 3.8) is 0 Å². The van der Waals surface area contributed by atoms with Crippen LogP contribution >= 0.6 is 0 Å². The summed E-state index contributed by atoms with van der Waals surface area (Å²) in [5.41, 5.74) is 1.41. The monoisotopic (exact) mass is 317 g/mol. The number of carbonyl (C=O) groups is 1. The number of benzene rings is 2. The Hall–Kier alpha value is -2.14. The van der Waals surface area contributed by atoms with Crippen molar-refractivity contribution in [2.75, 3.05) is 12.8 Å². The maximum Gasteiger partial charge on any atom is 0.252 e. The van der Waals surface area contributed by atoms with Crippen LogP contribution in [0.15, 0.2) is 59.5 Å². The maximum atomic E-state index is 12.1. The van der Waals surface area contributed by atoms with Gasteiger partial charge in [0.05, 0.1) is 10.5 Å². The predicted octanol–water partition coefficient (Wildman–Crippen LogP) is 2.45. The largest absolute Gasteiger partial charge is 0.352 e. The van der Waals surface area contributed by atoms with Crippen LogP contribution in [-0.4, -0.2) is 27.1 Å². The minimum absolute atomic E-state index is 0.0653. The molecule has 2 aromatic carbocycles. The molecule has 0 bridgehead atoms. The third-order valence-corrected chi connectivity index (χ3v) is 4.46. The molecule has 0 atom stereocenters. The topological polar surface area (TPSA) is 63.2 Å². The minimum Gasteiger partial charge on any atom is -0.352 e. The molecule has 22 heavy (non-hydrogen) atoms. The van der Waals surface area contributed by atoms with Gasteiger partial charge in [-0.25, -0.2) is 8.42 Å². The Balaban J connectivity index is 1.93. The first kappa shape index (κ1) is 16.2. The molecule has 2 rings (SSSR count). The second-order valence-corrected chi connectivity index (χ2v) is 7.10. The Labute approximate surface area is 131 Å². The van der Waals surface area contributed by atoms with Crippen LogP contribution < -0.4 is 5.32 Å². The molecule has 0 fully saturated rings. The van der Waals surface area contributed by atoms with Gasteiger partial charge in [-0.3, -0.25) is 4.79 Å². The molecular weight excluding hydrogens is 298 g/mol. The van der Waals surface area contributed by atoms with Crippen LogP contribution in [0.5, 0.6) is 0 Å². The van der Waals surface area contributed by atoms with Gasteiger partial charge >= 0.3 is 0 Å². The molecule has 0 aromatic heterocycles. The first-order valence-corrected chi connectivity index (χ1v) is 8.99. The van der Waals surface area contributed by atoms with E-state index in [0.29, 0.717) is 6.54 Å². The molecule has 116 valence electrons. The Morgan fingerprint density at radius 3 is 2.32 bits per heavy atom. The van der Waals surface area contributed by atoms with Crippen molar-refractivity contribution in [1.29, 1.82) is 0 Å². The Morgan fingerprint density at radius 1 is 1.00 bits per heavy atom. The van der Waals surface area contributed by atoms with Crippen LogP contribution in [0.3, 0.4) is 0 Å². The molecule has 0 radical (unpaired) electrons. The number of amides is 1. The SMILES string of the molecule is CS(=O)(=O)c1ccccc1C(=O)NCCCc1ccccc1. The summed E-state index contributed by atoms with van der Waals surface area (Å²) in [7, 11) is -3.41. The van der Waals surface area contributed by atoms with Crippen molar-refractivity contribution >= 4 is 15.7 Å². The lowest BCUT2D eigenvalue weighted by molar-refractivity contribution is 0.0950. The molecular formula is C17H19NO3S. The summed E-state index contributed by atoms with van der Waals surface area (Å²) < 4.78 is 23.4. The Bertz CT molecular complexity index is 740. The van der Waals surface area contributed by atoms with E-state index in [2.05, 4.69) is 5.32 Å². The van der Waals surface area contributed by atoms with E-state index < -0.39 is 9.84 Å². The van der Waals surface area contributed by atoms with E-state index in [9.17, 15) is 13.2 Å². The second kappa shape index (κ2) is 7.22. The van der Waals surface area contributed by atoms with Gasteiger partial charge in [-0.2, -0.15) is 0 Å². The van der Waals surface area contributed by atoms with Crippen molar-refractivity contribution in [1.82, 2.24) is 5.32 Å². The summed E-state index contributed by atoms with van der Waals surface area (Å²) in [5, 5.41) is 2.78. The molecule has 0 spiro atoms. The molecule has 0 saturated heterocycles. The standard InChI is InChI=1S/C17H19NO3S/c1-22(20,21)16-12-6-5-11-15(16)17(19)18-13-7-10-14-8-3-2-4-9-14/h2-6,8-9,11-12H,7,10,13H2,1H3,(H,18,19). The molecule has 0 heterocycles. The van der Waals surface area contributed by atoms with Crippen LogP contribution in [0.2, 0.25) is 0 Å². The average molecular weight is 317 g/mol. The van der Waals surface area contributed by atoms with E-state index in [4.69, 9.17) is 0 Å². The number of nitrogens with one attached hydrogen (secondary N) is 1. The van der Waals surface area contributed by atoms with Gasteiger partial charge in [0.25, 0.3) is 5.91 Å². The summed E-state index contributed by atoms with van der Waals surface area (Å²) in [5.74, 6) is -0.353. The summed E-state index contributed by atoms with van der Waals surface area (Å²) >= 11 is 0. The molecule has 0 unspecified atom stereocenters. The third kappa shape index (κ3) is 4.43. The van der Waals surface area contributed by atoms with Crippen molar-refractivity contribution in [3.8, 4) is 0 Å². The summed E-state index contributed by atoms with van der Waals surface area (Å²) in [6.07, 6.45) is 2.78. The van der Waals surface area contributed by atoms with Gasteiger partial charge in [0.15, 0.2) is 9.84 Å². The molecule has 0 aliphatic carbocycles. The van der Waals surface area contributed by atoms with Crippen LogP contribution in [0.25, 0.3) is 0 Å². The number of sulfone groups is 1. The average Bonchev–Trinajstić information content (AvgIpc) is 2.51. The summed E-state index contributed by atoms with van der Waals surface area (Å²) in [4.78, 5) is 12.2. The van der Waals surface area contributed by atoms with E-state index in [1.165, 1.54) is 17.7 Å². The summed E-state index contributed by atoms with van der Waals surface area (Å²) in [6, 6.07) is 16.3. The molecule has 0 aliphatic heterocycles. The minimum atomic E-state index is -3.41. The molecule has 0 aliphatic rings. The highest BCUT2D eigenvalue weighted by molar-refractivity contribution is 7.90. The number of rotatable bonds is 6. The van der Waals surface area contributed by atoms with E-state index in [1.54, 1.807) is 12.1 Å². The van der Waals surface area contributed by atoms with Crippen LogP contribution in [0.4, 0.5) is 0 Å². The molecule has 4 nitrogen and oxygen atoms in total. The fourth-order valence-electron chi connectivity index (χ4n) is 2.21. The number of carbonyl (C=O) groups excluding carboxylic acids is 1. The third-order valence-electron chi connectivity index (χ3n) is 3.30. The fourth-order valence-corrected chi connectivity index (χ4v) is 3.10. The van der Waals surface area contributed by atoms with Gasteiger partial charge in [-0.05, 0) is 30.5 Å². The number of hydrogen-bond acceptors (Lipinski definition) is 3. The zero-order valence-corrected chi connectivity index (χ0v) is 13.3. The predicted molar refractivity (Wildman–Crippen MR) is 86.6 cm³/mol. The number of aryl methyl sites for hydroxylation is 1. The smallest absolute Gasteiger partial charge is 0.252 e. The molecule has 2 aromatic rings. The van der Waals surface area contributed by atoms with E-state index in [1.807, 2.05) is 30.3 Å². The lowest BCUT2D eigenvalue weighted by Crippen LogP contribution is -2.26. The normalized spacial score (nSPS) is 11.1. The Morgan fingerprint density at radius 2 is 1.64 bits per heavy atom. The van der Waals surface area contributed by atoms with Crippen molar-refractivity contribution in [3.05, 3.63) is 65.7 Å². The second-order valence-electron chi connectivity index (χ2n) is 5.11. The quantitative estimate of drug-likeness (QED) is 0.832. The van der Waals surface area contributed by atoms with Gasteiger partial charge in [0.1, 0.15) is 0 Å². The highest BCUT2D eigenvalue weighted by Gasteiger charge is 2.17. The van der Waals surface area contributed by atoms with Gasteiger partial charge in [-0.15, -0.1) is 0 Å². The number of hydrogen-bond donors (Lipinski definition) is 1. The highest BCUT2D eigenvalue weighted by atomic mass is 32.2. The van der Waals surface area contributed by atoms with Crippen molar-refractivity contribution < 1.29 is 13.2 Å². The van der Waals surface area contributed by atoms with E-state index >= 15 is 0 Å². The zero-order valence-electron chi connectivity index (χ0n) is 12.5. The molecule has 0 saturated carbocycles. The highest BCUT2D eigenvalue weighted by Crippen LogP contribution is 2.15. The van der Waals surface area contributed by atoms with Crippen molar-refractivity contribution in [2.24, 2.45) is 0 Å². The van der Waals surface area contributed by atoms with Gasteiger partial charge in [-0.1, -0.05) is 42.5 Å². The van der Waals surface area contributed by atoms with Gasteiger partial charge in [0, 0.05) is 12.8 Å². The molecule has 1 N–H and O–H groups in total. The fraction of sp³-hybridized carbons (Fsp3) is 0.235. The zero-order chi connectivity index (χ0) is 16.0. The van der Waals surface area contributed by atoms with E-state index in [-0.39, 0.29) is 16.4 Å². The first-order valence-electron chi connectivity index (χ1n) is 7.09. The van der Waals surface area contributed by atoms with Crippen LogP contribution in [-0.2, 0) is 16.3 Å². The molecule has 5 heteroatoms. The lowest BCUT2D eigenvalue weighted by atomic mass is 10.1. The summed E-state index contributed by atoms with van der Waals surface area (Å²) in [6.45, 7) is 0.506. The van der Waals surface area contributed by atoms with Crippen molar-refractivity contribution in [2.45, 2.75) is 17.7 Å². The van der Waals surface area contributed by atoms with Gasteiger partial charge in [0.2, 0.25) is 0 Å². The van der Waals surface area contributed by atoms with E-state index in [0.717, 1.165) is 19.1 Å². The van der Waals surface area contributed by atoms with Crippen LogP contribution in [0, 0.1) is 0 Å². The van der Waals surface area contributed by atoms with Gasteiger partial charge < -0.3 is 5.32 Å².